The van der Waals surface area contributed by atoms with Gasteiger partial charge in [-0.25, -0.2) is 0 Å². The molecule has 0 aromatic rings. The molecule has 4 nitrogen and oxygen atoms in total. The number of allylic oxidation sites excluding steroid dienone is 8. The monoisotopic (exact) mass is 1060 g/mol. The van der Waals surface area contributed by atoms with Crippen LogP contribution in [0.4, 0.5) is 0 Å². The highest BCUT2D eigenvalue weighted by Crippen LogP contribution is 2.47. The molecule has 4 aliphatic rings. The van der Waals surface area contributed by atoms with Crippen molar-refractivity contribution in [1.29, 1.82) is 0 Å². The Balaban J connectivity index is 0.000000510. The fraction of sp³-hybridized carbons (Fsp3) is 0.833. The third-order valence-corrected chi connectivity index (χ3v) is 17.4. The molecule has 0 amide bonds. The molecule has 0 bridgehead atoms. The summed E-state index contributed by atoms with van der Waals surface area (Å²) >= 11 is 0. The van der Waals surface area contributed by atoms with E-state index in [9.17, 15) is 19.2 Å². The maximum absolute atomic E-state index is 12.8. The van der Waals surface area contributed by atoms with Gasteiger partial charge in [0, 0.05) is 25.7 Å². The second-order valence-electron chi connectivity index (χ2n) is 29.3. The fourth-order valence-corrected chi connectivity index (χ4v) is 13.4. The van der Waals surface area contributed by atoms with Crippen molar-refractivity contribution in [2.75, 3.05) is 0 Å². The van der Waals surface area contributed by atoms with Gasteiger partial charge in [0.05, 0.1) is 0 Å². The first kappa shape index (κ1) is 71.7. The molecule has 0 aromatic heterocycles. The third kappa shape index (κ3) is 25.8. The highest BCUT2D eigenvalue weighted by atomic mass is 16.1. The largest absolute Gasteiger partial charge is 0.295 e. The van der Waals surface area contributed by atoms with E-state index in [2.05, 4.69) is 152 Å². The van der Waals surface area contributed by atoms with E-state index >= 15 is 0 Å². The molecule has 0 fully saturated rings. The summed E-state index contributed by atoms with van der Waals surface area (Å²) in [4.78, 5) is 49.9. The Labute approximate surface area is 474 Å². The van der Waals surface area contributed by atoms with E-state index in [1.165, 1.54) is 97.6 Å². The van der Waals surface area contributed by atoms with Crippen LogP contribution in [-0.2, 0) is 19.2 Å². The first-order valence-electron chi connectivity index (χ1n) is 32.3. The molecule has 440 valence electrons. The van der Waals surface area contributed by atoms with Crippen LogP contribution in [0.3, 0.4) is 0 Å². The maximum atomic E-state index is 12.8. The number of carbonyl (C=O) groups is 4. The Hall–Kier alpha value is -2.36. The first-order valence-corrected chi connectivity index (χ1v) is 32.3. The van der Waals surface area contributed by atoms with Gasteiger partial charge in [-0.15, -0.1) is 0 Å². The molecule has 0 aromatic carbocycles. The van der Waals surface area contributed by atoms with Crippen molar-refractivity contribution in [3.05, 3.63) is 44.6 Å². The summed E-state index contributed by atoms with van der Waals surface area (Å²) in [5, 5.41) is 0. The van der Waals surface area contributed by atoms with Crippen LogP contribution < -0.4 is 0 Å². The fourth-order valence-electron chi connectivity index (χ4n) is 13.4. The van der Waals surface area contributed by atoms with Crippen molar-refractivity contribution in [2.24, 2.45) is 57.2 Å². The van der Waals surface area contributed by atoms with Crippen molar-refractivity contribution < 1.29 is 19.2 Å². The van der Waals surface area contributed by atoms with Crippen LogP contribution in [0.15, 0.2) is 44.6 Å². The molecule has 4 rings (SSSR count). The summed E-state index contributed by atoms with van der Waals surface area (Å²) in [5.41, 5.74) is 11.5. The van der Waals surface area contributed by atoms with Crippen molar-refractivity contribution in [1.82, 2.24) is 0 Å². The molecule has 4 heteroatoms. The Morgan fingerprint density at radius 1 is 0.303 bits per heavy atom. The first-order chi connectivity index (χ1) is 35.4. The minimum absolute atomic E-state index is 0.203. The minimum atomic E-state index is 0.203. The van der Waals surface area contributed by atoms with Crippen LogP contribution in [-0.4, -0.2) is 23.1 Å². The summed E-state index contributed by atoms with van der Waals surface area (Å²) < 4.78 is 0. The normalized spacial score (nSPS) is 24.6. The molecule has 0 spiro atoms. The number of hydrogen-bond donors (Lipinski definition) is 0. The lowest BCUT2D eigenvalue weighted by Gasteiger charge is -2.37. The van der Waals surface area contributed by atoms with Crippen LogP contribution >= 0.6 is 0 Å². The van der Waals surface area contributed by atoms with Gasteiger partial charge >= 0.3 is 0 Å². The molecule has 0 radical (unpaired) electrons. The summed E-state index contributed by atoms with van der Waals surface area (Å²) in [5.74, 6) is 5.81. The van der Waals surface area contributed by atoms with Crippen molar-refractivity contribution in [3.63, 3.8) is 0 Å². The predicted octanol–water partition coefficient (Wildman–Crippen LogP) is 22.5. The summed E-state index contributed by atoms with van der Waals surface area (Å²) in [7, 11) is 0. The van der Waals surface area contributed by atoms with Crippen LogP contribution in [0.5, 0.6) is 0 Å². The molecular formula is C72H128O4. The molecule has 4 unspecified atom stereocenters. The van der Waals surface area contributed by atoms with E-state index < -0.39 is 0 Å². The summed E-state index contributed by atoms with van der Waals surface area (Å²) in [6.07, 6.45) is 30.4. The van der Waals surface area contributed by atoms with Crippen molar-refractivity contribution >= 4 is 23.1 Å². The molecule has 76 heavy (non-hydrogen) atoms. The Kier molecular flexibility index (Phi) is 32.7. The van der Waals surface area contributed by atoms with Gasteiger partial charge in [-0.1, -0.05) is 213 Å². The second-order valence-corrected chi connectivity index (χ2v) is 29.3. The molecular weight excluding hydrogens is 929 g/mol. The zero-order chi connectivity index (χ0) is 58.2. The Bertz CT molecular complexity index is 1920. The van der Waals surface area contributed by atoms with Gasteiger partial charge in [0.15, 0.2) is 23.1 Å². The molecule has 0 N–H and O–H groups in total. The third-order valence-electron chi connectivity index (χ3n) is 17.4. The summed E-state index contributed by atoms with van der Waals surface area (Å²) in [6, 6.07) is 0. The van der Waals surface area contributed by atoms with E-state index in [1.54, 1.807) is 0 Å². The average Bonchev–Trinajstić information content (AvgIpc) is 3.29. The average molecular weight is 1060 g/mol. The number of hydrogen-bond acceptors (Lipinski definition) is 4. The molecule has 4 atom stereocenters. The van der Waals surface area contributed by atoms with E-state index in [-0.39, 0.29) is 21.7 Å². The van der Waals surface area contributed by atoms with Gasteiger partial charge in [-0.2, -0.15) is 0 Å². The zero-order valence-corrected chi connectivity index (χ0v) is 54.9. The van der Waals surface area contributed by atoms with E-state index in [0.717, 1.165) is 144 Å². The van der Waals surface area contributed by atoms with Gasteiger partial charge in [0.1, 0.15) is 0 Å². The lowest BCUT2D eigenvalue weighted by Crippen LogP contribution is -2.29. The number of rotatable bonds is 26. The zero-order valence-electron chi connectivity index (χ0n) is 54.9. The van der Waals surface area contributed by atoms with E-state index in [4.69, 9.17) is 0 Å². The SMILES string of the molecule is CC(C)CCC1=C(CC(C)C)C(=O)CC(C)(CCC(C)C)C1.CCCC1(C)CC(=O)C(CC(C)C)=C(CCC(C)C)C1.CCCC1=C(CC)C(=O)CC(C)(CCC(C)C)C1.CCCC1=C(CC)C(=O)CC(C)(CCC)C1. The topological polar surface area (TPSA) is 68.3 Å². The number of ketones is 4. The van der Waals surface area contributed by atoms with Crippen LogP contribution in [0.2, 0.25) is 0 Å². The predicted molar refractivity (Wildman–Crippen MR) is 333 cm³/mol. The molecule has 0 heterocycles. The molecule has 0 saturated heterocycles. The highest BCUT2D eigenvalue weighted by Gasteiger charge is 2.39. The van der Waals surface area contributed by atoms with Crippen LogP contribution in [0.25, 0.3) is 0 Å². The van der Waals surface area contributed by atoms with Crippen LogP contribution in [0, 0.1) is 57.2 Å². The van der Waals surface area contributed by atoms with Crippen molar-refractivity contribution in [2.45, 2.75) is 332 Å². The molecule has 0 saturated carbocycles. The smallest absolute Gasteiger partial charge is 0.159 e. The molecule has 4 aliphatic carbocycles. The maximum Gasteiger partial charge on any atom is 0.159 e. The quantitative estimate of drug-likeness (QED) is 0.0866. The van der Waals surface area contributed by atoms with Gasteiger partial charge in [-0.3, -0.25) is 19.2 Å². The lowest BCUT2D eigenvalue weighted by atomic mass is 9.67. The minimum Gasteiger partial charge on any atom is -0.295 e. The highest BCUT2D eigenvalue weighted by molar-refractivity contribution is 5.99. The van der Waals surface area contributed by atoms with Crippen LogP contribution in [0.1, 0.15) is 332 Å². The number of carbonyl (C=O) groups excluding carboxylic acids is 4. The Morgan fingerprint density at radius 2 is 0.553 bits per heavy atom. The molecule has 0 aliphatic heterocycles. The van der Waals surface area contributed by atoms with Gasteiger partial charge in [0.2, 0.25) is 0 Å². The van der Waals surface area contributed by atoms with Gasteiger partial charge < -0.3 is 0 Å². The Morgan fingerprint density at radius 3 is 0.776 bits per heavy atom. The van der Waals surface area contributed by atoms with E-state index in [0.29, 0.717) is 40.9 Å². The van der Waals surface area contributed by atoms with Gasteiger partial charge in [0.25, 0.3) is 0 Å². The number of Topliss-reactive ketones (excluding diaryl/α,β-unsaturated/α-hetero) is 4. The standard InChI is InChI=1S/C21H38O.C19H34O.C17H30O.C15H26O/c1-15(2)8-9-18-13-21(7,11-10-16(3)4)14-20(22)19(18)12-17(5)6;1-7-10-19(6)12-16(9-8-14(2)3)17(11-15(4)5)18(20)13-19;1-6-8-14-11-17(5,10-9-13(3)4)12-16(18)15(14)7-2;1-5-8-12-10-15(4,9-6-2)11-14(16)13(12)7-3/h15-17H,8-14H2,1-7H3;14-15H,7-13H2,1-6H3;13H,6-12H2,1-5H3;5-11H2,1-4H3. The van der Waals surface area contributed by atoms with E-state index in [1.807, 2.05) is 0 Å². The van der Waals surface area contributed by atoms with Crippen molar-refractivity contribution in [3.8, 4) is 0 Å². The second kappa shape index (κ2) is 34.7. The summed E-state index contributed by atoms with van der Waals surface area (Å²) in [6.45, 7) is 49.5. The lowest BCUT2D eigenvalue weighted by molar-refractivity contribution is -0.119. The van der Waals surface area contributed by atoms with Gasteiger partial charge in [-0.05, 0) is 195 Å².